The van der Waals surface area contributed by atoms with Gasteiger partial charge in [0.1, 0.15) is 16.9 Å². The molecule has 0 heterocycles. The second-order valence-electron chi connectivity index (χ2n) is 4.20. The molecule has 0 amide bonds. The lowest BCUT2D eigenvalue weighted by molar-refractivity contribution is 0.325. The van der Waals surface area contributed by atoms with Crippen molar-refractivity contribution in [3.63, 3.8) is 0 Å². The first-order valence-electron chi connectivity index (χ1n) is 6.63. The Morgan fingerprint density at radius 2 is 2.00 bits per heavy atom. The summed E-state index contributed by atoms with van der Waals surface area (Å²) in [5, 5.41) is 10.7. The summed E-state index contributed by atoms with van der Waals surface area (Å²) in [4.78, 5) is 0. The topological polar surface area (TPSA) is 42.2 Å². The average Bonchev–Trinajstić information content (AvgIpc) is 2.41. The predicted molar refractivity (Wildman–Crippen MR) is 79.9 cm³/mol. The van der Waals surface area contributed by atoms with Crippen molar-refractivity contribution in [3.05, 3.63) is 23.8 Å². The number of hydrogen-bond acceptors (Lipinski definition) is 4. The van der Waals surface area contributed by atoms with Crippen molar-refractivity contribution < 1.29 is 9.47 Å². The third-order valence-electron chi connectivity index (χ3n) is 2.84. The van der Waals surface area contributed by atoms with Gasteiger partial charge in [-0.05, 0) is 56.1 Å². The van der Waals surface area contributed by atoms with Gasteiger partial charge in [0.05, 0.1) is 13.2 Å². The fourth-order valence-corrected chi connectivity index (χ4v) is 2.45. The molecule has 19 heavy (non-hydrogen) atoms. The van der Waals surface area contributed by atoms with Crippen LogP contribution in [0.3, 0.4) is 0 Å². The summed E-state index contributed by atoms with van der Waals surface area (Å²) < 4.78 is 11.2. The zero-order chi connectivity index (χ0) is 14.1. The van der Waals surface area contributed by atoms with Crippen LogP contribution in [0.1, 0.15) is 38.7 Å². The van der Waals surface area contributed by atoms with Crippen LogP contribution in [0.15, 0.2) is 18.2 Å². The summed E-state index contributed by atoms with van der Waals surface area (Å²) in [6, 6.07) is 5.96. The SMILES string of the molecule is CCOc1ccc(OCC)c(C(C)CCSC#N)c1. The van der Waals surface area contributed by atoms with Crippen LogP contribution in [0.2, 0.25) is 0 Å². The molecule has 104 valence electrons. The molecule has 0 radical (unpaired) electrons. The Labute approximate surface area is 119 Å². The largest absolute Gasteiger partial charge is 0.494 e. The van der Waals surface area contributed by atoms with Crippen LogP contribution >= 0.6 is 11.8 Å². The Balaban J connectivity index is 2.86. The van der Waals surface area contributed by atoms with Gasteiger partial charge in [-0.3, -0.25) is 0 Å². The molecule has 0 saturated heterocycles. The van der Waals surface area contributed by atoms with Gasteiger partial charge in [0, 0.05) is 11.3 Å². The van der Waals surface area contributed by atoms with Crippen molar-refractivity contribution in [2.75, 3.05) is 19.0 Å². The number of thiocyanates is 1. The number of benzene rings is 1. The maximum absolute atomic E-state index is 8.57. The van der Waals surface area contributed by atoms with E-state index in [0.717, 1.165) is 29.2 Å². The molecule has 0 spiro atoms. The molecule has 1 unspecified atom stereocenters. The number of nitriles is 1. The lowest BCUT2D eigenvalue weighted by atomic mass is 9.97. The molecule has 1 rings (SSSR count). The van der Waals surface area contributed by atoms with Crippen molar-refractivity contribution in [2.24, 2.45) is 0 Å². The van der Waals surface area contributed by atoms with Gasteiger partial charge in [0.15, 0.2) is 0 Å². The predicted octanol–water partition coefficient (Wildman–Crippen LogP) is 4.19. The number of nitrogens with zero attached hydrogens (tertiary/aromatic N) is 1. The van der Waals surface area contributed by atoms with Gasteiger partial charge in [-0.15, -0.1) is 0 Å². The third kappa shape index (κ3) is 5.04. The molecule has 1 atom stereocenters. The van der Waals surface area contributed by atoms with E-state index in [1.165, 1.54) is 11.8 Å². The van der Waals surface area contributed by atoms with Gasteiger partial charge < -0.3 is 9.47 Å². The molecule has 0 aliphatic heterocycles. The highest BCUT2D eigenvalue weighted by Gasteiger charge is 2.13. The summed E-state index contributed by atoms with van der Waals surface area (Å²) in [5.41, 5.74) is 1.16. The van der Waals surface area contributed by atoms with Crippen LogP contribution in [0, 0.1) is 10.7 Å². The van der Waals surface area contributed by atoms with E-state index in [-0.39, 0.29) is 0 Å². The molecule has 1 aromatic rings. The first kappa shape index (κ1) is 15.7. The molecule has 0 N–H and O–H groups in total. The summed E-state index contributed by atoms with van der Waals surface area (Å²) in [7, 11) is 0. The summed E-state index contributed by atoms with van der Waals surface area (Å²) >= 11 is 1.30. The van der Waals surface area contributed by atoms with Crippen LogP contribution in [0.4, 0.5) is 0 Å². The Hall–Kier alpha value is -1.34. The zero-order valence-electron chi connectivity index (χ0n) is 11.8. The highest BCUT2D eigenvalue weighted by molar-refractivity contribution is 8.03. The quantitative estimate of drug-likeness (QED) is 0.528. The summed E-state index contributed by atoms with van der Waals surface area (Å²) in [6.45, 7) is 7.43. The van der Waals surface area contributed by atoms with Crippen LogP contribution < -0.4 is 9.47 Å². The Bertz CT molecular complexity index is 429. The van der Waals surface area contributed by atoms with Crippen LogP contribution in [-0.2, 0) is 0 Å². The molecule has 0 aliphatic carbocycles. The van der Waals surface area contributed by atoms with Crippen molar-refractivity contribution in [1.82, 2.24) is 0 Å². The van der Waals surface area contributed by atoms with Crippen molar-refractivity contribution in [2.45, 2.75) is 33.1 Å². The highest BCUT2D eigenvalue weighted by atomic mass is 32.2. The molecule has 4 heteroatoms. The van der Waals surface area contributed by atoms with Crippen LogP contribution in [0.5, 0.6) is 11.5 Å². The van der Waals surface area contributed by atoms with Gasteiger partial charge >= 0.3 is 0 Å². The Morgan fingerprint density at radius 3 is 2.63 bits per heavy atom. The fraction of sp³-hybridized carbons (Fsp3) is 0.533. The van der Waals surface area contributed by atoms with Crippen molar-refractivity contribution >= 4 is 11.8 Å². The maximum atomic E-state index is 8.57. The van der Waals surface area contributed by atoms with Crippen molar-refractivity contribution in [1.29, 1.82) is 5.26 Å². The molecule has 3 nitrogen and oxygen atoms in total. The van der Waals surface area contributed by atoms with E-state index in [1.807, 2.05) is 26.0 Å². The first-order valence-corrected chi connectivity index (χ1v) is 7.61. The maximum Gasteiger partial charge on any atom is 0.133 e. The number of rotatable bonds is 8. The average molecular weight is 279 g/mol. The smallest absolute Gasteiger partial charge is 0.133 e. The highest BCUT2D eigenvalue weighted by Crippen LogP contribution is 2.33. The Morgan fingerprint density at radius 1 is 1.26 bits per heavy atom. The van der Waals surface area contributed by atoms with Crippen molar-refractivity contribution in [3.8, 4) is 16.9 Å². The number of ether oxygens (including phenoxy) is 2. The minimum Gasteiger partial charge on any atom is -0.494 e. The molecule has 0 saturated carbocycles. The Kier molecular flexibility index (Phi) is 7.20. The molecule has 0 fully saturated rings. The van der Waals surface area contributed by atoms with E-state index in [1.54, 1.807) is 0 Å². The first-order chi connectivity index (χ1) is 9.22. The van der Waals surface area contributed by atoms with Gasteiger partial charge in [0.25, 0.3) is 0 Å². The molecule has 0 bridgehead atoms. The fourth-order valence-electron chi connectivity index (χ4n) is 1.89. The van der Waals surface area contributed by atoms with Gasteiger partial charge in [-0.2, -0.15) is 5.26 Å². The lowest BCUT2D eigenvalue weighted by Crippen LogP contribution is -2.03. The normalized spacial score (nSPS) is 11.7. The van der Waals surface area contributed by atoms with Crippen LogP contribution in [0.25, 0.3) is 0 Å². The standard InChI is InChI=1S/C15H21NO2S/c1-4-17-13-6-7-15(18-5-2)14(10-13)12(3)8-9-19-11-16/h6-7,10,12H,4-5,8-9H2,1-3H3. The molecule has 1 aromatic carbocycles. The summed E-state index contributed by atoms with van der Waals surface area (Å²) in [5.74, 6) is 2.98. The minimum absolute atomic E-state index is 0.350. The second-order valence-corrected chi connectivity index (χ2v) is 5.07. The lowest BCUT2D eigenvalue weighted by Gasteiger charge is -2.17. The number of hydrogen-bond donors (Lipinski definition) is 0. The molecule has 0 aromatic heterocycles. The van der Waals surface area contributed by atoms with Gasteiger partial charge in [-0.25, -0.2) is 0 Å². The molecular weight excluding hydrogens is 258 g/mol. The van der Waals surface area contributed by atoms with E-state index >= 15 is 0 Å². The molecular formula is C15H21NO2S. The van der Waals surface area contributed by atoms with Crippen LogP contribution in [-0.4, -0.2) is 19.0 Å². The third-order valence-corrected chi connectivity index (χ3v) is 3.41. The van der Waals surface area contributed by atoms with E-state index in [9.17, 15) is 0 Å². The number of thioether (sulfide) groups is 1. The monoisotopic (exact) mass is 279 g/mol. The molecule has 0 aliphatic rings. The minimum atomic E-state index is 0.350. The van der Waals surface area contributed by atoms with E-state index in [4.69, 9.17) is 14.7 Å². The van der Waals surface area contributed by atoms with E-state index in [0.29, 0.717) is 19.1 Å². The summed E-state index contributed by atoms with van der Waals surface area (Å²) in [6.07, 6.45) is 0.952. The second kappa shape index (κ2) is 8.71. The van der Waals surface area contributed by atoms with E-state index < -0.39 is 0 Å². The zero-order valence-corrected chi connectivity index (χ0v) is 12.6. The van der Waals surface area contributed by atoms with E-state index in [2.05, 4.69) is 18.4 Å². The van der Waals surface area contributed by atoms with Gasteiger partial charge in [0.2, 0.25) is 0 Å². The van der Waals surface area contributed by atoms with Gasteiger partial charge in [-0.1, -0.05) is 6.92 Å².